The molecule has 15 heavy (non-hydrogen) atoms. The van der Waals surface area contributed by atoms with E-state index in [1.807, 2.05) is 0 Å². The van der Waals surface area contributed by atoms with Crippen molar-refractivity contribution in [1.82, 2.24) is 4.98 Å². The molecule has 1 heterocycles. The number of hydrogen-bond donors (Lipinski definition) is 0. The molecule has 0 saturated carbocycles. The molecule has 0 atom stereocenters. The van der Waals surface area contributed by atoms with Gasteiger partial charge in [-0.2, -0.15) is 0 Å². The zero-order valence-corrected chi connectivity index (χ0v) is 8.68. The maximum Gasteiger partial charge on any atom is 0.287 e. The van der Waals surface area contributed by atoms with Gasteiger partial charge in [0.2, 0.25) is 5.88 Å². The van der Waals surface area contributed by atoms with E-state index in [1.54, 1.807) is 0 Å². The van der Waals surface area contributed by atoms with Crippen LogP contribution in [0.3, 0.4) is 0 Å². The lowest BCUT2D eigenvalue weighted by atomic mass is 10.3. The molecule has 1 rings (SSSR count). The highest BCUT2D eigenvalue weighted by atomic mass is 16.6. The monoisotopic (exact) mass is 210 g/mol. The zero-order chi connectivity index (χ0) is 11.1. The molecule has 0 amide bonds. The molecule has 0 spiro atoms. The smallest absolute Gasteiger partial charge is 0.287 e. The van der Waals surface area contributed by atoms with E-state index in [9.17, 15) is 10.1 Å². The van der Waals surface area contributed by atoms with Crippen molar-refractivity contribution in [3.05, 3.63) is 28.4 Å². The second kappa shape index (κ2) is 5.95. The van der Waals surface area contributed by atoms with Crippen molar-refractivity contribution in [2.75, 3.05) is 6.61 Å². The van der Waals surface area contributed by atoms with Crippen LogP contribution in [-0.4, -0.2) is 16.5 Å². The predicted octanol–water partition coefficient (Wildman–Crippen LogP) is 2.56. The van der Waals surface area contributed by atoms with Crippen molar-refractivity contribution < 1.29 is 9.66 Å². The van der Waals surface area contributed by atoms with E-state index in [2.05, 4.69) is 11.9 Å². The summed E-state index contributed by atoms with van der Waals surface area (Å²) in [5, 5.41) is 10.3. The number of hydrogen-bond acceptors (Lipinski definition) is 4. The Bertz CT molecular complexity index is 311. The molecule has 1 aromatic heterocycles. The van der Waals surface area contributed by atoms with E-state index in [0.29, 0.717) is 12.5 Å². The van der Waals surface area contributed by atoms with Crippen molar-refractivity contribution in [2.24, 2.45) is 0 Å². The van der Waals surface area contributed by atoms with Crippen molar-refractivity contribution in [3.63, 3.8) is 0 Å². The fourth-order valence-electron chi connectivity index (χ4n) is 1.09. The molecule has 0 aromatic carbocycles. The maximum absolute atomic E-state index is 10.3. The first kappa shape index (κ1) is 11.4. The third-order valence-electron chi connectivity index (χ3n) is 1.93. The third kappa shape index (κ3) is 3.93. The number of unbranched alkanes of at least 4 members (excludes halogenated alkanes) is 2. The second-order valence-corrected chi connectivity index (χ2v) is 3.17. The van der Waals surface area contributed by atoms with Crippen molar-refractivity contribution in [1.29, 1.82) is 0 Å². The highest BCUT2D eigenvalue weighted by molar-refractivity contribution is 5.28. The van der Waals surface area contributed by atoms with E-state index in [0.717, 1.165) is 19.3 Å². The lowest BCUT2D eigenvalue weighted by molar-refractivity contribution is -0.385. The summed E-state index contributed by atoms with van der Waals surface area (Å²) in [6.07, 6.45) is 4.44. The van der Waals surface area contributed by atoms with Crippen LogP contribution in [0.1, 0.15) is 26.2 Å². The summed E-state index contributed by atoms with van der Waals surface area (Å²) < 4.78 is 5.31. The Morgan fingerprint density at radius 1 is 1.47 bits per heavy atom. The van der Waals surface area contributed by atoms with E-state index in [4.69, 9.17) is 4.74 Å². The van der Waals surface area contributed by atoms with E-state index in [1.165, 1.54) is 18.3 Å². The number of nitrogens with zero attached hydrogens (tertiary/aromatic N) is 2. The van der Waals surface area contributed by atoms with Crippen LogP contribution in [0.4, 0.5) is 5.69 Å². The molecule has 0 unspecified atom stereocenters. The topological polar surface area (TPSA) is 65.3 Å². The fraction of sp³-hybridized carbons (Fsp3) is 0.500. The quantitative estimate of drug-likeness (QED) is 0.411. The molecule has 0 saturated heterocycles. The number of aromatic nitrogens is 1. The maximum atomic E-state index is 10.3. The molecular formula is C10H14N2O3. The summed E-state index contributed by atoms with van der Waals surface area (Å²) in [4.78, 5) is 13.7. The zero-order valence-electron chi connectivity index (χ0n) is 8.68. The lowest BCUT2D eigenvalue weighted by Crippen LogP contribution is -1.99. The van der Waals surface area contributed by atoms with Gasteiger partial charge in [-0.05, 0) is 6.42 Å². The molecular weight excluding hydrogens is 196 g/mol. The fourth-order valence-corrected chi connectivity index (χ4v) is 1.09. The Labute approximate surface area is 88.2 Å². The Morgan fingerprint density at radius 2 is 2.27 bits per heavy atom. The molecule has 5 nitrogen and oxygen atoms in total. The van der Waals surface area contributed by atoms with Crippen LogP contribution in [0.25, 0.3) is 0 Å². The Hall–Kier alpha value is -1.65. The van der Waals surface area contributed by atoms with Gasteiger partial charge in [0.1, 0.15) is 6.20 Å². The summed E-state index contributed by atoms with van der Waals surface area (Å²) in [7, 11) is 0. The standard InChI is InChI=1S/C10H14N2O3/c1-2-3-4-7-15-10-6-5-9(8-11-10)12(13)14/h5-6,8H,2-4,7H2,1H3. The number of rotatable bonds is 6. The van der Waals surface area contributed by atoms with Crippen molar-refractivity contribution in [3.8, 4) is 5.88 Å². The highest BCUT2D eigenvalue weighted by Crippen LogP contribution is 2.13. The van der Waals surface area contributed by atoms with Crippen LogP contribution in [0.2, 0.25) is 0 Å². The summed E-state index contributed by atoms with van der Waals surface area (Å²) in [5.41, 5.74) is -0.0177. The van der Waals surface area contributed by atoms with Crippen LogP contribution < -0.4 is 4.74 Å². The second-order valence-electron chi connectivity index (χ2n) is 3.17. The van der Waals surface area contributed by atoms with Crippen LogP contribution >= 0.6 is 0 Å². The van der Waals surface area contributed by atoms with Gasteiger partial charge in [-0.3, -0.25) is 10.1 Å². The first-order valence-electron chi connectivity index (χ1n) is 4.97. The average molecular weight is 210 g/mol. The minimum Gasteiger partial charge on any atom is -0.478 e. The molecule has 0 fully saturated rings. The largest absolute Gasteiger partial charge is 0.478 e. The Balaban J connectivity index is 2.39. The molecule has 0 aliphatic rings. The van der Waals surface area contributed by atoms with Gasteiger partial charge < -0.3 is 4.74 Å². The number of pyridine rings is 1. The molecule has 0 bridgehead atoms. The van der Waals surface area contributed by atoms with Crippen LogP contribution in [-0.2, 0) is 0 Å². The molecule has 0 aliphatic heterocycles. The van der Waals surface area contributed by atoms with Gasteiger partial charge in [0, 0.05) is 12.1 Å². The van der Waals surface area contributed by atoms with Gasteiger partial charge in [0.15, 0.2) is 0 Å². The van der Waals surface area contributed by atoms with Crippen LogP contribution in [0, 0.1) is 10.1 Å². The normalized spacial score (nSPS) is 9.93. The van der Waals surface area contributed by atoms with Crippen molar-refractivity contribution in [2.45, 2.75) is 26.2 Å². The first-order valence-corrected chi connectivity index (χ1v) is 4.97. The van der Waals surface area contributed by atoms with E-state index < -0.39 is 4.92 Å². The SMILES string of the molecule is CCCCCOc1ccc([N+](=O)[O-])cn1. The summed E-state index contributed by atoms with van der Waals surface area (Å²) in [6, 6.07) is 2.91. The molecule has 82 valence electrons. The minimum absolute atomic E-state index is 0.0177. The Morgan fingerprint density at radius 3 is 2.80 bits per heavy atom. The molecule has 0 radical (unpaired) electrons. The summed E-state index contributed by atoms with van der Waals surface area (Å²) in [6.45, 7) is 2.72. The summed E-state index contributed by atoms with van der Waals surface area (Å²) >= 11 is 0. The van der Waals surface area contributed by atoms with Crippen LogP contribution in [0.15, 0.2) is 18.3 Å². The van der Waals surface area contributed by atoms with E-state index in [-0.39, 0.29) is 5.69 Å². The molecule has 0 N–H and O–H groups in total. The minimum atomic E-state index is -0.478. The number of ether oxygens (including phenoxy) is 1. The van der Waals surface area contributed by atoms with Gasteiger partial charge in [-0.15, -0.1) is 0 Å². The van der Waals surface area contributed by atoms with Gasteiger partial charge in [0.05, 0.1) is 11.5 Å². The van der Waals surface area contributed by atoms with E-state index >= 15 is 0 Å². The number of nitro groups is 1. The van der Waals surface area contributed by atoms with Gasteiger partial charge >= 0.3 is 0 Å². The lowest BCUT2D eigenvalue weighted by Gasteiger charge is -2.03. The molecule has 0 aliphatic carbocycles. The third-order valence-corrected chi connectivity index (χ3v) is 1.93. The predicted molar refractivity (Wildman–Crippen MR) is 55.9 cm³/mol. The first-order chi connectivity index (χ1) is 7.24. The summed E-state index contributed by atoms with van der Waals surface area (Å²) in [5.74, 6) is 0.441. The molecule has 5 heteroatoms. The van der Waals surface area contributed by atoms with Gasteiger partial charge in [-0.25, -0.2) is 4.98 Å². The van der Waals surface area contributed by atoms with Crippen molar-refractivity contribution >= 4 is 5.69 Å². The highest BCUT2D eigenvalue weighted by Gasteiger charge is 2.05. The van der Waals surface area contributed by atoms with Crippen LogP contribution in [0.5, 0.6) is 5.88 Å². The molecule has 1 aromatic rings. The average Bonchev–Trinajstić information content (AvgIpc) is 2.25. The van der Waals surface area contributed by atoms with Gasteiger partial charge in [0.25, 0.3) is 5.69 Å². The Kier molecular flexibility index (Phi) is 4.53. The van der Waals surface area contributed by atoms with Gasteiger partial charge in [-0.1, -0.05) is 19.8 Å².